The Morgan fingerprint density at radius 2 is 2.11 bits per heavy atom. The lowest BCUT2D eigenvalue weighted by Crippen LogP contribution is -2.00. The zero-order chi connectivity index (χ0) is 13.0. The van der Waals surface area contributed by atoms with Gasteiger partial charge >= 0.3 is 0 Å². The molecule has 0 fully saturated rings. The lowest BCUT2D eigenvalue weighted by atomic mass is 10.3. The largest absolute Gasteiger partial charge is 0.370 e. The molecule has 0 saturated heterocycles. The highest BCUT2D eigenvalue weighted by molar-refractivity contribution is 9.10. The maximum Gasteiger partial charge on any atom is 0.127 e. The van der Waals surface area contributed by atoms with Crippen LogP contribution < -0.4 is 10.6 Å². The minimum absolute atomic E-state index is 0.681. The predicted octanol–water partition coefficient (Wildman–Crippen LogP) is 4.67. The van der Waals surface area contributed by atoms with Crippen LogP contribution >= 0.6 is 27.5 Å². The van der Waals surface area contributed by atoms with Gasteiger partial charge in [0.15, 0.2) is 0 Å². The molecule has 94 valence electrons. The Hall–Kier alpha value is -1.26. The van der Waals surface area contributed by atoms with Crippen molar-refractivity contribution in [1.82, 2.24) is 4.98 Å². The molecule has 2 aromatic rings. The number of nitrogens with zero attached hydrogens (tertiary/aromatic N) is 1. The van der Waals surface area contributed by atoms with Crippen LogP contribution in [0.25, 0.3) is 0 Å². The lowest BCUT2D eigenvalue weighted by Gasteiger charge is -2.10. The Balaban J connectivity index is 2.22. The number of hydrogen-bond acceptors (Lipinski definition) is 3. The second-order valence-corrected chi connectivity index (χ2v) is 5.03. The summed E-state index contributed by atoms with van der Waals surface area (Å²) in [6, 6.07) is 9.54. The SMILES string of the molecule is CCNc1cc(Nc2cc(Br)ccc2Cl)ccn1. The molecule has 1 aromatic heterocycles. The summed E-state index contributed by atoms with van der Waals surface area (Å²) in [4.78, 5) is 4.22. The van der Waals surface area contributed by atoms with Crippen LogP contribution in [0.1, 0.15) is 6.92 Å². The highest BCUT2D eigenvalue weighted by Crippen LogP contribution is 2.28. The van der Waals surface area contributed by atoms with Crippen molar-refractivity contribution in [3.05, 3.63) is 46.0 Å². The van der Waals surface area contributed by atoms with E-state index < -0.39 is 0 Å². The van der Waals surface area contributed by atoms with E-state index in [0.29, 0.717) is 5.02 Å². The Kier molecular flexibility index (Phi) is 4.44. The van der Waals surface area contributed by atoms with E-state index in [-0.39, 0.29) is 0 Å². The highest BCUT2D eigenvalue weighted by Gasteiger charge is 2.02. The van der Waals surface area contributed by atoms with Crippen molar-refractivity contribution >= 4 is 44.7 Å². The molecule has 0 amide bonds. The quantitative estimate of drug-likeness (QED) is 0.857. The van der Waals surface area contributed by atoms with Crippen LogP contribution in [0.5, 0.6) is 0 Å². The number of benzene rings is 1. The van der Waals surface area contributed by atoms with Crippen molar-refractivity contribution in [2.24, 2.45) is 0 Å². The van der Waals surface area contributed by atoms with E-state index in [4.69, 9.17) is 11.6 Å². The van der Waals surface area contributed by atoms with Gasteiger partial charge in [0.1, 0.15) is 5.82 Å². The van der Waals surface area contributed by atoms with Gasteiger partial charge in [-0.15, -0.1) is 0 Å². The van der Waals surface area contributed by atoms with Crippen molar-refractivity contribution < 1.29 is 0 Å². The lowest BCUT2D eigenvalue weighted by molar-refractivity contribution is 1.16. The summed E-state index contributed by atoms with van der Waals surface area (Å²) in [6.07, 6.45) is 1.76. The van der Waals surface area contributed by atoms with Crippen molar-refractivity contribution in [3.63, 3.8) is 0 Å². The van der Waals surface area contributed by atoms with Gasteiger partial charge in [0.2, 0.25) is 0 Å². The Bertz CT molecular complexity index is 546. The minimum Gasteiger partial charge on any atom is -0.370 e. The van der Waals surface area contributed by atoms with Crippen LogP contribution in [0.3, 0.4) is 0 Å². The summed E-state index contributed by atoms with van der Waals surface area (Å²) in [5.41, 5.74) is 1.81. The summed E-state index contributed by atoms with van der Waals surface area (Å²) in [5, 5.41) is 7.12. The van der Waals surface area contributed by atoms with Crippen LogP contribution in [0.4, 0.5) is 17.2 Å². The number of pyridine rings is 1. The van der Waals surface area contributed by atoms with Crippen molar-refractivity contribution in [2.75, 3.05) is 17.2 Å². The first-order valence-corrected chi connectivity index (χ1v) is 6.78. The number of nitrogens with one attached hydrogen (secondary N) is 2. The smallest absolute Gasteiger partial charge is 0.127 e. The van der Waals surface area contributed by atoms with Crippen molar-refractivity contribution in [2.45, 2.75) is 6.92 Å². The van der Waals surface area contributed by atoms with Crippen LogP contribution in [0.15, 0.2) is 41.0 Å². The molecule has 0 unspecified atom stereocenters. The zero-order valence-electron chi connectivity index (χ0n) is 9.87. The molecule has 1 aromatic carbocycles. The second kappa shape index (κ2) is 6.07. The standard InChI is InChI=1S/C13H13BrClN3/c1-2-16-13-8-10(5-6-17-13)18-12-7-9(14)3-4-11(12)15/h3-8H,2H2,1H3,(H2,16,17,18). The van der Waals surface area contributed by atoms with Crippen molar-refractivity contribution in [1.29, 1.82) is 0 Å². The molecule has 1 heterocycles. The third-order valence-corrected chi connectivity index (χ3v) is 3.15. The molecule has 5 heteroatoms. The average Bonchev–Trinajstić information content (AvgIpc) is 2.35. The van der Waals surface area contributed by atoms with E-state index in [1.807, 2.05) is 37.3 Å². The van der Waals surface area contributed by atoms with E-state index >= 15 is 0 Å². The molecule has 0 aliphatic heterocycles. The normalized spacial score (nSPS) is 10.2. The first-order chi connectivity index (χ1) is 8.69. The number of rotatable bonds is 4. The van der Waals surface area contributed by atoms with E-state index in [2.05, 4.69) is 31.5 Å². The molecule has 0 saturated carbocycles. The molecule has 0 atom stereocenters. The van der Waals surface area contributed by atoms with Gasteiger partial charge in [0.25, 0.3) is 0 Å². The maximum absolute atomic E-state index is 6.13. The molecule has 0 radical (unpaired) electrons. The Morgan fingerprint density at radius 3 is 2.89 bits per heavy atom. The topological polar surface area (TPSA) is 37.0 Å². The van der Waals surface area contributed by atoms with E-state index in [0.717, 1.165) is 28.2 Å². The molecular weight excluding hydrogens is 314 g/mol. The Labute approximate surface area is 120 Å². The monoisotopic (exact) mass is 325 g/mol. The number of halogens is 2. The fraction of sp³-hybridized carbons (Fsp3) is 0.154. The summed E-state index contributed by atoms with van der Waals surface area (Å²) in [5.74, 6) is 0.841. The fourth-order valence-electron chi connectivity index (χ4n) is 1.53. The van der Waals surface area contributed by atoms with E-state index in [9.17, 15) is 0 Å². The molecule has 3 nitrogen and oxygen atoms in total. The molecular formula is C13H13BrClN3. The average molecular weight is 327 g/mol. The van der Waals surface area contributed by atoms with E-state index in [1.165, 1.54) is 0 Å². The van der Waals surface area contributed by atoms with Gasteiger partial charge in [-0.3, -0.25) is 0 Å². The van der Waals surface area contributed by atoms with Crippen molar-refractivity contribution in [3.8, 4) is 0 Å². The van der Waals surface area contributed by atoms with E-state index in [1.54, 1.807) is 6.20 Å². The summed E-state index contributed by atoms with van der Waals surface area (Å²) < 4.78 is 0.982. The first kappa shape index (κ1) is 13.2. The van der Waals surface area contributed by atoms with Gasteiger partial charge in [-0.1, -0.05) is 27.5 Å². The molecule has 2 N–H and O–H groups in total. The summed E-state index contributed by atoms with van der Waals surface area (Å²) in [6.45, 7) is 2.88. The van der Waals surface area contributed by atoms with Gasteiger partial charge in [-0.05, 0) is 31.2 Å². The zero-order valence-corrected chi connectivity index (χ0v) is 12.2. The van der Waals surface area contributed by atoms with Gasteiger partial charge in [-0.2, -0.15) is 0 Å². The molecule has 0 spiro atoms. The molecule has 0 bridgehead atoms. The molecule has 18 heavy (non-hydrogen) atoms. The van der Waals surface area contributed by atoms with Gasteiger partial charge in [-0.25, -0.2) is 4.98 Å². The number of anilines is 3. The summed E-state index contributed by atoms with van der Waals surface area (Å²) >= 11 is 9.56. The van der Waals surface area contributed by atoms with Crippen LogP contribution in [-0.2, 0) is 0 Å². The highest BCUT2D eigenvalue weighted by atomic mass is 79.9. The molecule has 0 aliphatic carbocycles. The maximum atomic E-state index is 6.13. The number of hydrogen-bond donors (Lipinski definition) is 2. The van der Waals surface area contributed by atoms with Gasteiger partial charge in [0, 0.05) is 29.0 Å². The predicted molar refractivity (Wildman–Crippen MR) is 80.8 cm³/mol. The Morgan fingerprint density at radius 1 is 1.28 bits per heavy atom. The molecule has 2 rings (SSSR count). The number of aromatic nitrogens is 1. The first-order valence-electron chi connectivity index (χ1n) is 5.61. The third-order valence-electron chi connectivity index (χ3n) is 2.33. The van der Waals surface area contributed by atoms with Crippen LogP contribution in [-0.4, -0.2) is 11.5 Å². The summed E-state index contributed by atoms with van der Waals surface area (Å²) in [7, 11) is 0. The van der Waals surface area contributed by atoms with Gasteiger partial charge < -0.3 is 10.6 Å². The second-order valence-electron chi connectivity index (χ2n) is 3.71. The minimum atomic E-state index is 0.681. The molecule has 0 aliphatic rings. The fourth-order valence-corrected chi connectivity index (χ4v) is 2.06. The van der Waals surface area contributed by atoms with Crippen LogP contribution in [0.2, 0.25) is 5.02 Å². The van der Waals surface area contributed by atoms with Gasteiger partial charge in [0.05, 0.1) is 10.7 Å². The third kappa shape index (κ3) is 3.37. The van der Waals surface area contributed by atoms with Crippen LogP contribution in [0, 0.1) is 0 Å².